The third-order valence-electron chi connectivity index (χ3n) is 3.48. The van der Waals surface area contributed by atoms with Gasteiger partial charge in [0.1, 0.15) is 4.32 Å². The molecule has 0 aromatic heterocycles. The molecule has 2 aromatic rings. The van der Waals surface area contributed by atoms with Gasteiger partial charge in [-0.15, -0.1) is 0 Å². The number of carbonyl (C=O) groups excluding carboxylic acids is 1. The van der Waals surface area contributed by atoms with Crippen LogP contribution in [0.4, 0.5) is 5.69 Å². The SMILES string of the molecule is CCN(CC)C(=S)SCC(=O)Nc1ccccc1Sc1ccccc1. The first-order chi connectivity index (χ1) is 12.1. The second kappa shape index (κ2) is 10.5. The van der Waals surface area contributed by atoms with Crippen molar-refractivity contribution in [3.8, 4) is 0 Å². The zero-order chi connectivity index (χ0) is 18.1. The smallest absolute Gasteiger partial charge is 0.234 e. The summed E-state index contributed by atoms with van der Waals surface area (Å²) in [4.78, 5) is 16.5. The normalized spacial score (nSPS) is 10.3. The van der Waals surface area contributed by atoms with Crippen molar-refractivity contribution in [3.05, 3.63) is 54.6 Å². The first-order valence-corrected chi connectivity index (χ1v) is 10.4. The molecule has 0 spiro atoms. The summed E-state index contributed by atoms with van der Waals surface area (Å²) < 4.78 is 0.770. The number of rotatable bonds is 7. The molecule has 3 nitrogen and oxygen atoms in total. The fourth-order valence-corrected chi connectivity index (χ4v) is 4.29. The molecule has 132 valence electrons. The van der Waals surface area contributed by atoms with Crippen LogP contribution in [0.5, 0.6) is 0 Å². The van der Waals surface area contributed by atoms with Gasteiger partial charge in [-0.25, -0.2) is 0 Å². The van der Waals surface area contributed by atoms with Crippen LogP contribution >= 0.6 is 35.7 Å². The van der Waals surface area contributed by atoms with Crippen LogP contribution in [0.15, 0.2) is 64.4 Å². The number of thiocarbonyl (C=S) groups is 1. The van der Waals surface area contributed by atoms with E-state index < -0.39 is 0 Å². The van der Waals surface area contributed by atoms with Gasteiger partial charge in [0.25, 0.3) is 0 Å². The Labute approximate surface area is 163 Å². The number of thioether (sulfide) groups is 1. The number of amides is 1. The summed E-state index contributed by atoms with van der Waals surface area (Å²) in [5.74, 6) is 0.278. The Morgan fingerprint density at radius 3 is 2.36 bits per heavy atom. The van der Waals surface area contributed by atoms with Gasteiger partial charge in [0.2, 0.25) is 5.91 Å². The molecular formula is C19H22N2OS3. The van der Waals surface area contributed by atoms with Crippen molar-refractivity contribution >= 4 is 51.7 Å². The van der Waals surface area contributed by atoms with E-state index in [9.17, 15) is 4.79 Å². The zero-order valence-electron chi connectivity index (χ0n) is 14.4. The van der Waals surface area contributed by atoms with Crippen molar-refractivity contribution in [2.24, 2.45) is 0 Å². The average molecular weight is 391 g/mol. The van der Waals surface area contributed by atoms with Crippen LogP contribution in [0.25, 0.3) is 0 Å². The minimum absolute atomic E-state index is 0.0411. The molecule has 6 heteroatoms. The van der Waals surface area contributed by atoms with Crippen molar-refractivity contribution in [2.75, 3.05) is 24.2 Å². The molecule has 0 heterocycles. The highest BCUT2D eigenvalue weighted by molar-refractivity contribution is 8.23. The first kappa shape index (κ1) is 19.8. The molecule has 25 heavy (non-hydrogen) atoms. The molecule has 0 bridgehead atoms. The van der Waals surface area contributed by atoms with Gasteiger partial charge in [-0.1, -0.05) is 66.1 Å². The number of hydrogen-bond acceptors (Lipinski definition) is 4. The van der Waals surface area contributed by atoms with E-state index in [2.05, 4.69) is 36.2 Å². The fraction of sp³-hybridized carbons (Fsp3) is 0.263. The molecular weight excluding hydrogens is 368 g/mol. The number of para-hydroxylation sites is 1. The largest absolute Gasteiger partial charge is 0.358 e. The van der Waals surface area contributed by atoms with Crippen LogP contribution in [-0.4, -0.2) is 34.0 Å². The summed E-state index contributed by atoms with van der Waals surface area (Å²) in [6.07, 6.45) is 0. The van der Waals surface area contributed by atoms with Gasteiger partial charge in [-0.3, -0.25) is 4.79 Å². The van der Waals surface area contributed by atoms with Crippen LogP contribution in [-0.2, 0) is 4.79 Å². The fourth-order valence-electron chi connectivity index (χ4n) is 2.16. The summed E-state index contributed by atoms with van der Waals surface area (Å²) in [7, 11) is 0. The number of nitrogens with zero attached hydrogens (tertiary/aromatic N) is 1. The molecule has 0 aliphatic rings. The Hall–Kier alpha value is -1.50. The molecule has 0 saturated carbocycles. The number of hydrogen-bond donors (Lipinski definition) is 1. The standard InChI is InChI=1S/C19H22N2OS3/c1-3-21(4-2)19(23)24-14-18(22)20-16-12-8-9-13-17(16)25-15-10-6-5-7-11-15/h5-13H,3-4,14H2,1-2H3,(H,20,22). The van der Waals surface area contributed by atoms with Crippen LogP contribution in [0.3, 0.4) is 0 Å². The highest BCUT2D eigenvalue weighted by Crippen LogP contribution is 2.33. The van der Waals surface area contributed by atoms with E-state index in [0.29, 0.717) is 5.75 Å². The number of anilines is 1. The summed E-state index contributed by atoms with van der Waals surface area (Å²) in [6, 6.07) is 18.0. The highest BCUT2D eigenvalue weighted by Gasteiger charge is 2.11. The quantitative estimate of drug-likeness (QED) is 0.662. The van der Waals surface area contributed by atoms with Crippen molar-refractivity contribution in [2.45, 2.75) is 23.6 Å². The number of nitrogens with one attached hydrogen (secondary N) is 1. The lowest BCUT2D eigenvalue weighted by molar-refractivity contribution is -0.113. The molecule has 2 aromatic carbocycles. The summed E-state index contributed by atoms with van der Waals surface area (Å²) in [5.41, 5.74) is 0.829. The molecule has 0 saturated heterocycles. The van der Waals surface area contributed by atoms with Crippen LogP contribution < -0.4 is 5.32 Å². The third kappa shape index (κ3) is 6.38. The molecule has 0 radical (unpaired) electrons. The lowest BCUT2D eigenvalue weighted by atomic mass is 10.3. The Bertz CT molecular complexity index is 703. The van der Waals surface area contributed by atoms with E-state index in [-0.39, 0.29) is 5.91 Å². The van der Waals surface area contributed by atoms with Crippen LogP contribution in [0.2, 0.25) is 0 Å². The average Bonchev–Trinajstić information content (AvgIpc) is 2.63. The topological polar surface area (TPSA) is 32.3 Å². The molecule has 2 rings (SSSR count). The molecule has 1 amide bonds. The summed E-state index contributed by atoms with van der Waals surface area (Å²) in [5, 5.41) is 3.00. The number of benzene rings is 2. The van der Waals surface area contributed by atoms with E-state index in [0.717, 1.165) is 32.9 Å². The van der Waals surface area contributed by atoms with Gasteiger partial charge in [-0.2, -0.15) is 0 Å². The lowest BCUT2D eigenvalue weighted by Gasteiger charge is -2.20. The Morgan fingerprint density at radius 1 is 1.04 bits per heavy atom. The first-order valence-electron chi connectivity index (χ1n) is 8.17. The predicted molar refractivity (Wildman–Crippen MR) is 114 cm³/mol. The van der Waals surface area contributed by atoms with Gasteiger partial charge in [-0.05, 0) is 38.1 Å². The van der Waals surface area contributed by atoms with Crippen molar-refractivity contribution in [3.63, 3.8) is 0 Å². The second-order valence-electron chi connectivity index (χ2n) is 5.19. The van der Waals surface area contributed by atoms with Gasteiger partial charge in [0, 0.05) is 22.9 Å². The molecule has 0 atom stereocenters. The maximum Gasteiger partial charge on any atom is 0.234 e. The number of carbonyl (C=O) groups is 1. The van der Waals surface area contributed by atoms with Crippen LogP contribution in [0, 0.1) is 0 Å². The zero-order valence-corrected chi connectivity index (χ0v) is 16.8. The van der Waals surface area contributed by atoms with Gasteiger partial charge < -0.3 is 10.2 Å². The summed E-state index contributed by atoms with van der Waals surface area (Å²) in [6.45, 7) is 5.85. The lowest BCUT2D eigenvalue weighted by Crippen LogP contribution is -2.28. The molecule has 0 fully saturated rings. The van der Waals surface area contributed by atoms with Crippen molar-refractivity contribution in [1.29, 1.82) is 0 Å². The third-order valence-corrected chi connectivity index (χ3v) is 6.09. The molecule has 0 aliphatic carbocycles. The van der Waals surface area contributed by atoms with Gasteiger partial charge in [0.05, 0.1) is 11.4 Å². The monoisotopic (exact) mass is 390 g/mol. The van der Waals surface area contributed by atoms with E-state index in [1.165, 1.54) is 11.8 Å². The van der Waals surface area contributed by atoms with Gasteiger partial charge in [0.15, 0.2) is 0 Å². The van der Waals surface area contributed by atoms with Gasteiger partial charge >= 0.3 is 0 Å². The molecule has 0 aliphatic heterocycles. The van der Waals surface area contributed by atoms with E-state index >= 15 is 0 Å². The predicted octanol–water partition coefficient (Wildman–Crippen LogP) is 5.14. The van der Waals surface area contributed by atoms with Crippen molar-refractivity contribution < 1.29 is 4.79 Å². The van der Waals surface area contributed by atoms with Crippen LogP contribution in [0.1, 0.15) is 13.8 Å². The molecule has 1 N–H and O–H groups in total. The molecule has 0 unspecified atom stereocenters. The van der Waals surface area contributed by atoms with E-state index in [1.54, 1.807) is 11.8 Å². The maximum absolute atomic E-state index is 12.3. The maximum atomic E-state index is 12.3. The minimum atomic E-state index is -0.0411. The second-order valence-corrected chi connectivity index (χ2v) is 7.91. The van der Waals surface area contributed by atoms with E-state index in [1.807, 2.05) is 42.5 Å². The van der Waals surface area contributed by atoms with E-state index in [4.69, 9.17) is 12.2 Å². The Kier molecular flexibility index (Phi) is 8.31. The summed E-state index contributed by atoms with van der Waals surface area (Å²) >= 11 is 8.42. The Morgan fingerprint density at radius 2 is 1.68 bits per heavy atom. The Balaban J connectivity index is 1.96. The highest BCUT2D eigenvalue weighted by atomic mass is 32.2. The van der Waals surface area contributed by atoms with Crippen molar-refractivity contribution in [1.82, 2.24) is 4.90 Å². The minimum Gasteiger partial charge on any atom is -0.358 e.